The number of unbranched alkanes of at least 4 members (excludes halogenated alkanes) is 12. The number of halogens is 1. The normalized spacial score (nSPS) is 12.8. The van der Waals surface area contributed by atoms with Crippen molar-refractivity contribution in [1.29, 1.82) is 0 Å². The minimum atomic E-state index is -3.07. The average molecular weight is 509 g/mol. The molecule has 3 aromatic carbocycles. The Morgan fingerprint density at radius 2 is 0.714 bits per heavy atom. The van der Waals surface area contributed by atoms with E-state index < -0.39 is 5.96 Å². The summed E-state index contributed by atoms with van der Waals surface area (Å²) in [5.41, 5.74) is 0. The van der Waals surface area contributed by atoms with Crippen LogP contribution in [0.5, 0.6) is 0 Å². The van der Waals surface area contributed by atoms with Gasteiger partial charge in [-0.3, -0.25) is 0 Å². The molecule has 2 heteroatoms. The fourth-order valence-corrected chi connectivity index (χ4v) is 11.7. The third-order valence-corrected chi connectivity index (χ3v) is 15.1. The zero-order chi connectivity index (χ0) is 24.7. The molecule has 0 nitrogen and oxygen atoms in total. The van der Waals surface area contributed by atoms with Gasteiger partial charge in [0.2, 0.25) is 0 Å². The molecule has 0 amide bonds. The Kier molecular flexibility index (Phi) is 11.8. The van der Waals surface area contributed by atoms with Crippen molar-refractivity contribution < 1.29 is 0 Å². The van der Waals surface area contributed by atoms with Crippen LogP contribution in [0.4, 0.5) is 0 Å². The predicted octanol–water partition coefficient (Wildman–Crippen LogP) is 9.76. The molecule has 0 aliphatic heterocycles. The van der Waals surface area contributed by atoms with E-state index in [1.165, 1.54) is 93.0 Å². The van der Waals surface area contributed by atoms with Gasteiger partial charge in [-0.2, -0.15) is 0 Å². The van der Waals surface area contributed by atoms with Crippen LogP contribution >= 0.6 is 17.2 Å². The van der Waals surface area contributed by atoms with Crippen LogP contribution in [-0.2, 0) is 0 Å². The van der Waals surface area contributed by atoms with Crippen LogP contribution in [0.3, 0.4) is 0 Å². The van der Waals surface area contributed by atoms with Gasteiger partial charge in [-0.1, -0.05) is 19.8 Å². The molecule has 0 saturated heterocycles. The molecule has 3 rings (SSSR count). The first-order chi connectivity index (χ1) is 17.2. The summed E-state index contributed by atoms with van der Waals surface area (Å²) in [5, 5.41) is 3.87. The van der Waals surface area contributed by atoms with Crippen LogP contribution in [0.1, 0.15) is 90.4 Å². The maximum absolute atomic E-state index is 8.15. The molecule has 190 valence electrons. The minimum absolute atomic E-state index is 1.02. The molecule has 3 aromatic rings. The van der Waals surface area contributed by atoms with Crippen LogP contribution in [0.2, 0.25) is 0 Å². The summed E-state index contributed by atoms with van der Waals surface area (Å²) in [6.45, 7) is 2.29. The second kappa shape index (κ2) is 14.8. The molecular formula is C33H46ClP. The van der Waals surface area contributed by atoms with Crippen LogP contribution in [-0.4, -0.2) is 6.16 Å². The van der Waals surface area contributed by atoms with Crippen LogP contribution in [0, 0.1) is 0 Å². The molecule has 0 aliphatic rings. The van der Waals surface area contributed by atoms with Gasteiger partial charge in [0.05, 0.1) is 0 Å². The Morgan fingerprint density at radius 1 is 0.429 bits per heavy atom. The first-order valence-corrected chi connectivity index (χ1v) is 17.4. The monoisotopic (exact) mass is 508 g/mol. The van der Waals surface area contributed by atoms with Gasteiger partial charge in [0.15, 0.2) is 0 Å². The summed E-state index contributed by atoms with van der Waals surface area (Å²) in [7, 11) is 0. The second-order valence-corrected chi connectivity index (χ2v) is 16.8. The zero-order valence-corrected chi connectivity index (χ0v) is 23.5. The fourth-order valence-electron chi connectivity index (χ4n) is 5.48. The van der Waals surface area contributed by atoms with Crippen LogP contribution < -0.4 is 15.9 Å². The van der Waals surface area contributed by atoms with Gasteiger partial charge in [0.25, 0.3) is 0 Å². The van der Waals surface area contributed by atoms with E-state index in [-0.39, 0.29) is 0 Å². The average Bonchev–Trinajstić information content (AvgIpc) is 2.93. The standard InChI is InChI=1S/C33H46ClP/c1-2-3-4-5-6-7-8-9-10-11-12-13-23-30-35(34,31-24-17-14-18-25-31,32-26-19-15-20-27-32)33-28-21-16-22-29-33/h14-22,24-29H,2-13,23,30H2,1H3. The topological polar surface area (TPSA) is 0 Å². The van der Waals surface area contributed by atoms with E-state index in [1.807, 2.05) is 0 Å². The Hall–Kier alpha value is -1.62. The summed E-state index contributed by atoms with van der Waals surface area (Å²) in [6, 6.07) is 32.7. The summed E-state index contributed by atoms with van der Waals surface area (Å²) in [5.74, 6) is -3.07. The summed E-state index contributed by atoms with van der Waals surface area (Å²) >= 11 is 8.15. The van der Waals surface area contributed by atoms with Crippen molar-refractivity contribution in [3.05, 3.63) is 91.0 Å². The molecule has 0 aromatic heterocycles. The quantitative estimate of drug-likeness (QED) is 0.126. The van der Waals surface area contributed by atoms with Crippen molar-refractivity contribution in [3.8, 4) is 0 Å². The fraction of sp³-hybridized carbons (Fsp3) is 0.455. The van der Waals surface area contributed by atoms with Gasteiger partial charge in [0, 0.05) is 0 Å². The van der Waals surface area contributed by atoms with Crippen molar-refractivity contribution in [3.63, 3.8) is 0 Å². The molecule has 35 heavy (non-hydrogen) atoms. The molecule has 0 heterocycles. The number of benzene rings is 3. The van der Waals surface area contributed by atoms with Crippen molar-refractivity contribution in [2.24, 2.45) is 0 Å². The summed E-state index contributed by atoms with van der Waals surface area (Å²) in [4.78, 5) is 0. The van der Waals surface area contributed by atoms with Gasteiger partial charge in [-0.05, 0) is 0 Å². The Morgan fingerprint density at radius 3 is 1.03 bits per heavy atom. The van der Waals surface area contributed by atoms with Crippen molar-refractivity contribution in [2.75, 3.05) is 6.16 Å². The first-order valence-electron chi connectivity index (χ1n) is 14.1. The summed E-state index contributed by atoms with van der Waals surface area (Å²) < 4.78 is 0. The number of hydrogen-bond donors (Lipinski definition) is 0. The molecule has 0 atom stereocenters. The van der Waals surface area contributed by atoms with E-state index in [0.717, 1.165) is 12.6 Å². The van der Waals surface area contributed by atoms with E-state index in [9.17, 15) is 0 Å². The molecule has 0 N–H and O–H groups in total. The third kappa shape index (κ3) is 7.44. The van der Waals surface area contributed by atoms with E-state index in [4.69, 9.17) is 11.2 Å². The maximum atomic E-state index is 8.15. The Balaban J connectivity index is 1.60. The van der Waals surface area contributed by atoms with Crippen molar-refractivity contribution in [1.82, 2.24) is 0 Å². The molecular weight excluding hydrogens is 463 g/mol. The first kappa shape index (κ1) is 28.0. The molecule has 0 fully saturated rings. The number of hydrogen-bond acceptors (Lipinski definition) is 0. The van der Waals surface area contributed by atoms with Gasteiger partial charge in [0.1, 0.15) is 0 Å². The summed E-state index contributed by atoms with van der Waals surface area (Å²) in [6.07, 6.45) is 18.8. The van der Waals surface area contributed by atoms with E-state index >= 15 is 0 Å². The van der Waals surface area contributed by atoms with E-state index in [0.29, 0.717) is 0 Å². The molecule has 0 spiro atoms. The molecule has 0 aliphatic carbocycles. The Bertz CT molecular complexity index is 839. The van der Waals surface area contributed by atoms with E-state index in [1.54, 1.807) is 0 Å². The molecule has 0 bridgehead atoms. The van der Waals surface area contributed by atoms with Crippen LogP contribution in [0.25, 0.3) is 0 Å². The molecule has 0 unspecified atom stereocenters. The number of rotatable bonds is 17. The third-order valence-electron chi connectivity index (χ3n) is 7.57. The molecule has 0 saturated carbocycles. The van der Waals surface area contributed by atoms with Crippen molar-refractivity contribution >= 4 is 33.1 Å². The van der Waals surface area contributed by atoms with Gasteiger partial charge < -0.3 is 0 Å². The second-order valence-electron chi connectivity index (χ2n) is 10.2. The van der Waals surface area contributed by atoms with Gasteiger partial charge in [-0.25, -0.2) is 0 Å². The molecule has 0 radical (unpaired) electrons. The zero-order valence-electron chi connectivity index (χ0n) is 21.9. The SMILES string of the molecule is CCCCCCCCCCCCCCCP(Cl)(c1ccccc1)(c1ccccc1)c1ccccc1. The van der Waals surface area contributed by atoms with Crippen molar-refractivity contribution in [2.45, 2.75) is 90.4 Å². The van der Waals surface area contributed by atoms with E-state index in [2.05, 4.69) is 97.9 Å². The van der Waals surface area contributed by atoms with Gasteiger partial charge >= 0.3 is 201 Å². The van der Waals surface area contributed by atoms with Gasteiger partial charge in [-0.15, -0.1) is 0 Å². The Labute approximate surface area is 220 Å². The predicted molar refractivity (Wildman–Crippen MR) is 162 cm³/mol. The van der Waals surface area contributed by atoms with Crippen LogP contribution in [0.15, 0.2) is 91.0 Å².